The van der Waals surface area contributed by atoms with Crippen molar-refractivity contribution in [2.75, 3.05) is 19.6 Å². The summed E-state index contributed by atoms with van der Waals surface area (Å²) in [6.07, 6.45) is 5.56. The molecule has 88 valence electrons. The molecule has 2 unspecified atom stereocenters. The van der Waals surface area contributed by atoms with Crippen LogP contribution in [0.5, 0.6) is 0 Å². The standard InChI is InChI=1S/C13H26N2/c1-11(2)15-9-4-6-12(10-15)13(3)7-5-8-14-13/h11-12,14H,4-10H2,1-3H3. The molecule has 2 atom stereocenters. The van der Waals surface area contributed by atoms with Crippen molar-refractivity contribution in [3.8, 4) is 0 Å². The fraction of sp³-hybridized carbons (Fsp3) is 1.00. The Labute approximate surface area is 94.4 Å². The van der Waals surface area contributed by atoms with Gasteiger partial charge in [-0.1, -0.05) is 0 Å². The highest BCUT2D eigenvalue weighted by Gasteiger charge is 2.38. The predicted molar refractivity (Wildman–Crippen MR) is 65.1 cm³/mol. The molecule has 0 aromatic heterocycles. The van der Waals surface area contributed by atoms with Crippen molar-refractivity contribution in [2.24, 2.45) is 5.92 Å². The number of rotatable bonds is 2. The molecule has 0 aliphatic carbocycles. The Bertz CT molecular complexity index is 207. The van der Waals surface area contributed by atoms with Gasteiger partial charge in [-0.05, 0) is 65.5 Å². The maximum absolute atomic E-state index is 3.74. The summed E-state index contributed by atoms with van der Waals surface area (Å²) in [4.78, 5) is 2.65. The zero-order valence-corrected chi connectivity index (χ0v) is 10.6. The molecule has 2 nitrogen and oxygen atoms in total. The summed E-state index contributed by atoms with van der Waals surface area (Å²) in [7, 11) is 0. The van der Waals surface area contributed by atoms with Crippen molar-refractivity contribution < 1.29 is 0 Å². The van der Waals surface area contributed by atoms with Gasteiger partial charge in [-0.25, -0.2) is 0 Å². The lowest BCUT2D eigenvalue weighted by Gasteiger charge is -2.43. The van der Waals surface area contributed by atoms with Crippen molar-refractivity contribution >= 4 is 0 Å². The van der Waals surface area contributed by atoms with Crippen LogP contribution in [0.2, 0.25) is 0 Å². The van der Waals surface area contributed by atoms with Crippen molar-refractivity contribution in [3.05, 3.63) is 0 Å². The van der Waals surface area contributed by atoms with Crippen LogP contribution in [-0.2, 0) is 0 Å². The highest BCUT2D eigenvalue weighted by molar-refractivity contribution is 4.97. The van der Waals surface area contributed by atoms with Gasteiger partial charge in [0.2, 0.25) is 0 Å². The monoisotopic (exact) mass is 210 g/mol. The molecule has 0 amide bonds. The number of nitrogens with one attached hydrogen (secondary N) is 1. The number of piperidine rings is 1. The first-order chi connectivity index (χ1) is 7.12. The summed E-state index contributed by atoms with van der Waals surface area (Å²) >= 11 is 0. The van der Waals surface area contributed by atoms with E-state index in [1.165, 1.54) is 45.3 Å². The van der Waals surface area contributed by atoms with Gasteiger partial charge < -0.3 is 10.2 Å². The lowest BCUT2D eigenvalue weighted by atomic mass is 9.79. The molecule has 0 radical (unpaired) electrons. The topological polar surface area (TPSA) is 15.3 Å². The highest BCUT2D eigenvalue weighted by atomic mass is 15.2. The van der Waals surface area contributed by atoms with Gasteiger partial charge >= 0.3 is 0 Å². The van der Waals surface area contributed by atoms with Gasteiger partial charge in [0.05, 0.1) is 0 Å². The van der Waals surface area contributed by atoms with Crippen LogP contribution < -0.4 is 5.32 Å². The maximum atomic E-state index is 3.74. The molecule has 2 aliphatic heterocycles. The molecule has 2 heterocycles. The summed E-state index contributed by atoms with van der Waals surface area (Å²) in [6, 6.07) is 0.720. The molecule has 0 bridgehead atoms. The van der Waals surface area contributed by atoms with Gasteiger partial charge in [0.1, 0.15) is 0 Å². The number of hydrogen-bond acceptors (Lipinski definition) is 2. The van der Waals surface area contributed by atoms with E-state index in [0.29, 0.717) is 5.54 Å². The fourth-order valence-corrected chi connectivity index (χ4v) is 3.26. The normalized spacial score (nSPS) is 38.8. The third-order valence-corrected chi connectivity index (χ3v) is 4.49. The molecule has 2 saturated heterocycles. The first kappa shape index (κ1) is 11.4. The molecule has 15 heavy (non-hydrogen) atoms. The Balaban J connectivity index is 1.97. The Morgan fingerprint density at radius 1 is 1.33 bits per heavy atom. The molecule has 2 aliphatic rings. The van der Waals surface area contributed by atoms with Crippen LogP contribution in [0.4, 0.5) is 0 Å². The lowest BCUT2D eigenvalue weighted by molar-refractivity contribution is 0.0909. The molecule has 0 aromatic rings. The van der Waals surface area contributed by atoms with Crippen LogP contribution in [0.3, 0.4) is 0 Å². The number of likely N-dealkylation sites (tertiary alicyclic amines) is 1. The van der Waals surface area contributed by atoms with E-state index in [1.54, 1.807) is 0 Å². The number of hydrogen-bond donors (Lipinski definition) is 1. The molecular weight excluding hydrogens is 184 g/mol. The smallest absolute Gasteiger partial charge is 0.0194 e. The van der Waals surface area contributed by atoms with Crippen molar-refractivity contribution in [1.82, 2.24) is 10.2 Å². The molecule has 0 saturated carbocycles. The first-order valence-corrected chi connectivity index (χ1v) is 6.61. The molecular formula is C13H26N2. The SMILES string of the molecule is CC(C)N1CCCC(C2(C)CCCN2)C1. The average Bonchev–Trinajstić information content (AvgIpc) is 2.67. The second kappa shape index (κ2) is 4.42. The first-order valence-electron chi connectivity index (χ1n) is 6.61. The lowest BCUT2D eigenvalue weighted by Crippen LogP contribution is -2.52. The molecule has 2 rings (SSSR count). The van der Waals surface area contributed by atoms with E-state index < -0.39 is 0 Å². The van der Waals surface area contributed by atoms with Gasteiger partial charge in [0.25, 0.3) is 0 Å². The molecule has 0 spiro atoms. The van der Waals surface area contributed by atoms with Crippen LogP contribution in [0.1, 0.15) is 46.5 Å². The van der Waals surface area contributed by atoms with Crippen molar-refractivity contribution in [1.29, 1.82) is 0 Å². The van der Waals surface area contributed by atoms with Gasteiger partial charge in [-0.3, -0.25) is 0 Å². The van der Waals surface area contributed by atoms with Gasteiger partial charge in [-0.15, -0.1) is 0 Å². The second-order valence-corrected chi connectivity index (χ2v) is 5.88. The minimum absolute atomic E-state index is 0.438. The van der Waals surface area contributed by atoms with Crippen LogP contribution in [-0.4, -0.2) is 36.1 Å². The summed E-state index contributed by atoms with van der Waals surface area (Å²) < 4.78 is 0. The zero-order valence-electron chi connectivity index (χ0n) is 10.6. The van der Waals surface area contributed by atoms with Crippen LogP contribution in [0, 0.1) is 5.92 Å². The van der Waals surface area contributed by atoms with E-state index in [2.05, 4.69) is 31.0 Å². The van der Waals surface area contributed by atoms with Gasteiger partial charge in [-0.2, -0.15) is 0 Å². The maximum Gasteiger partial charge on any atom is 0.0194 e. The fourth-order valence-electron chi connectivity index (χ4n) is 3.26. The largest absolute Gasteiger partial charge is 0.311 e. The predicted octanol–water partition coefficient (Wildman–Crippen LogP) is 2.25. The highest BCUT2D eigenvalue weighted by Crippen LogP contribution is 2.33. The van der Waals surface area contributed by atoms with Crippen LogP contribution in [0.25, 0.3) is 0 Å². The molecule has 1 N–H and O–H groups in total. The summed E-state index contributed by atoms with van der Waals surface area (Å²) in [5.74, 6) is 0.871. The molecule has 0 aromatic carbocycles. The van der Waals surface area contributed by atoms with Crippen LogP contribution in [0.15, 0.2) is 0 Å². The van der Waals surface area contributed by atoms with Crippen molar-refractivity contribution in [2.45, 2.75) is 58.0 Å². The summed E-state index contributed by atoms with van der Waals surface area (Å²) in [5.41, 5.74) is 0.438. The average molecular weight is 210 g/mol. The minimum Gasteiger partial charge on any atom is -0.311 e. The van der Waals surface area contributed by atoms with E-state index in [1.807, 2.05) is 0 Å². The van der Waals surface area contributed by atoms with E-state index in [0.717, 1.165) is 12.0 Å². The summed E-state index contributed by atoms with van der Waals surface area (Å²) in [6.45, 7) is 10.9. The zero-order chi connectivity index (χ0) is 10.9. The van der Waals surface area contributed by atoms with E-state index in [-0.39, 0.29) is 0 Å². The van der Waals surface area contributed by atoms with E-state index in [9.17, 15) is 0 Å². The molecule has 2 fully saturated rings. The van der Waals surface area contributed by atoms with Crippen LogP contribution >= 0.6 is 0 Å². The second-order valence-electron chi connectivity index (χ2n) is 5.88. The Hall–Kier alpha value is -0.0800. The third-order valence-electron chi connectivity index (χ3n) is 4.49. The van der Waals surface area contributed by atoms with E-state index >= 15 is 0 Å². The minimum atomic E-state index is 0.438. The Kier molecular flexibility index (Phi) is 3.36. The third kappa shape index (κ3) is 2.36. The molecule has 2 heteroatoms. The van der Waals surface area contributed by atoms with E-state index in [4.69, 9.17) is 0 Å². The van der Waals surface area contributed by atoms with Gasteiger partial charge in [0.15, 0.2) is 0 Å². The van der Waals surface area contributed by atoms with Gasteiger partial charge in [0, 0.05) is 18.1 Å². The quantitative estimate of drug-likeness (QED) is 0.752. The number of nitrogens with zero attached hydrogens (tertiary/aromatic N) is 1. The summed E-state index contributed by atoms with van der Waals surface area (Å²) in [5, 5.41) is 3.74. The Morgan fingerprint density at radius 3 is 2.73 bits per heavy atom. The van der Waals surface area contributed by atoms with Crippen molar-refractivity contribution in [3.63, 3.8) is 0 Å². The Morgan fingerprint density at radius 2 is 2.13 bits per heavy atom.